The minimum atomic E-state index is -1.03. The maximum absolute atomic E-state index is 10.8. The Balaban J connectivity index is 2.70. The lowest BCUT2D eigenvalue weighted by molar-refractivity contribution is -0.131. The number of carboxylic acids is 1. The second-order valence-electron chi connectivity index (χ2n) is 3.72. The van der Waals surface area contributed by atoms with E-state index in [0.29, 0.717) is 5.76 Å². The van der Waals surface area contributed by atoms with E-state index in [1.54, 1.807) is 0 Å². The van der Waals surface area contributed by atoms with Gasteiger partial charge in [0.05, 0.1) is 13.2 Å². The van der Waals surface area contributed by atoms with E-state index < -0.39 is 5.97 Å². The molecule has 2 rings (SSSR count). The number of methoxy groups -OCH3 is 1. The number of benzene rings is 2. The van der Waals surface area contributed by atoms with Gasteiger partial charge in [-0.05, 0) is 22.9 Å². The minimum Gasteiger partial charge on any atom is -0.496 e. The lowest BCUT2D eigenvalue weighted by Gasteiger charge is -2.09. The Bertz CT molecular complexity index is 632. The first-order chi connectivity index (χ1) is 8.61. The van der Waals surface area contributed by atoms with Gasteiger partial charge in [-0.15, -0.1) is 0 Å². The first-order valence-electron chi connectivity index (χ1n) is 5.29. The number of hydrogen-bond acceptors (Lipinski definition) is 2. The Morgan fingerprint density at radius 1 is 1.33 bits per heavy atom. The molecule has 2 aromatic carbocycles. The van der Waals surface area contributed by atoms with Crippen LogP contribution < -0.4 is 0 Å². The van der Waals surface area contributed by atoms with Crippen molar-refractivity contribution in [2.75, 3.05) is 7.11 Å². The summed E-state index contributed by atoms with van der Waals surface area (Å²) in [7, 11) is 1.46. The van der Waals surface area contributed by atoms with E-state index in [4.69, 9.17) is 9.84 Å². The lowest BCUT2D eigenvalue weighted by Crippen LogP contribution is -1.95. The van der Waals surface area contributed by atoms with Gasteiger partial charge in [-0.1, -0.05) is 40.2 Å². The van der Waals surface area contributed by atoms with Crippen molar-refractivity contribution in [2.24, 2.45) is 0 Å². The molecule has 0 fully saturated rings. The van der Waals surface area contributed by atoms with Crippen LogP contribution >= 0.6 is 15.9 Å². The number of carboxylic acid groups (broad SMARTS) is 1. The SMILES string of the molecule is CO/C(=C\C(=O)O)c1cccc2ccc(Br)cc12. The fraction of sp³-hybridized carbons (Fsp3) is 0.0714. The van der Waals surface area contributed by atoms with Crippen molar-refractivity contribution in [2.45, 2.75) is 0 Å². The van der Waals surface area contributed by atoms with E-state index in [2.05, 4.69) is 15.9 Å². The second-order valence-corrected chi connectivity index (χ2v) is 4.64. The van der Waals surface area contributed by atoms with Gasteiger partial charge in [0.2, 0.25) is 0 Å². The maximum Gasteiger partial charge on any atom is 0.332 e. The summed E-state index contributed by atoms with van der Waals surface area (Å²) >= 11 is 3.41. The summed E-state index contributed by atoms with van der Waals surface area (Å²) in [5.41, 5.74) is 0.763. The zero-order valence-electron chi connectivity index (χ0n) is 9.68. The molecule has 0 radical (unpaired) electrons. The van der Waals surface area contributed by atoms with Gasteiger partial charge in [0, 0.05) is 10.0 Å². The number of rotatable bonds is 3. The monoisotopic (exact) mass is 306 g/mol. The van der Waals surface area contributed by atoms with Gasteiger partial charge in [-0.3, -0.25) is 0 Å². The van der Waals surface area contributed by atoms with Gasteiger partial charge in [0.15, 0.2) is 0 Å². The molecule has 0 atom stereocenters. The average Bonchev–Trinajstić information content (AvgIpc) is 2.35. The molecule has 18 heavy (non-hydrogen) atoms. The van der Waals surface area contributed by atoms with Crippen LogP contribution in [0.2, 0.25) is 0 Å². The zero-order chi connectivity index (χ0) is 13.1. The van der Waals surface area contributed by atoms with E-state index in [0.717, 1.165) is 26.9 Å². The van der Waals surface area contributed by atoms with Gasteiger partial charge in [0.25, 0.3) is 0 Å². The minimum absolute atomic E-state index is 0.339. The molecule has 0 aliphatic rings. The van der Waals surface area contributed by atoms with Crippen molar-refractivity contribution in [3.8, 4) is 0 Å². The number of halogens is 1. The molecule has 0 bridgehead atoms. The molecule has 1 N–H and O–H groups in total. The topological polar surface area (TPSA) is 46.5 Å². The van der Waals surface area contributed by atoms with E-state index >= 15 is 0 Å². The van der Waals surface area contributed by atoms with Gasteiger partial charge in [-0.25, -0.2) is 4.79 Å². The third-order valence-corrected chi connectivity index (χ3v) is 3.08. The Morgan fingerprint density at radius 2 is 2.11 bits per heavy atom. The van der Waals surface area contributed by atoms with Crippen LogP contribution in [0.15, 0.2) is 46.9 Å². The molecule has 3 nitrogen and oxygen atoms in total. The van der Waals surface area contributed by atoms with Crippen molar-refractivity contribution in [1.29, 1.82) is 0 Å². The Morgan fingerprint density at radius 3 is 2.78 bits per heavy atom. The van der Waals surface area contributed by atoms with Gasteiger partial charge >= 0.3 is 5.97 Å². The fourth-order valence-corrected chi connectivity index (χ4v) is 2.18. The molecule has 0 aromatic heterocycles. The highest BCUT2D eigenvalue weighted by atomic mass is 79.9. The highest BCUT2D eigenvalue weighted by Crippen LogP contribution is 2.28. The van der Waals surface area contributed by atoms with Crippen LogP contribution in [0.1, 0.15) is 5.56 Å². The van der Waals surface area contributed by atoms with Crippen LogP contribution in [0, 0.1) is 0 Å². The second kappa shape index (κ2) is 5.23. The molecule has 4 heteroatoms. The Kier molecular flexibility index (Phi) is 3.67. The van der Waals surface area contributed by atoms with E-state index in [-0.39, 0.29) is 0 Å². The number of hydrogen-bond donors (Lipinski definition) is 1. The molecule has 0 saturated carbocycles. The van der Waals surface area contributed by atoms with Crippen LogP contribution in [-0.2, 0) is 9.53 Å². The zero-order valence-corrected chi connectivity index (χ0v) is 11.3. The molecular weight excluding hydrogens is 296 g/mol. The summed E-state index contributed by atoms with van der Waals surface area (Å²) in [4.78, 5) is 10.8. The molecule has 92 valence electrons. The summed E-state index contributed by atoms with van der Waals surface area (Å²) in [6.45, 7) is 0. The predicted octanol–water partition coefficient (Wildman–Crippen LogP) is 3.67. The lowest BCUT2D eigenvalue weighted by atomic mass is 10.0. The highest BCUT2D eigenvalue weighted by Gasteiger charge is 2.08. The van der Waals surface area contributed by atoms with Gasteiger partial charge in [0.1, 0.15) is 5.76 Å². The third-order valence-electron chi connectivity index (χ3n) is 2.58. The maximum atomic E-state index is 10.8. The number of fused-ring (bicyclic) bond motifs is 1. The van der Waals surface area contributed by atoms with Gasteiger partial charge in [-0.2, -0.15) is 0 Å². The number of ether oxygens (including phenoxy) is 1. The van der Waals surface area contributed by atoms with Crippen LogP contribution in [0.4, 0.5) is 0 Å². The molecule has 2 aromatic rings. The number of carbonyl (C=O) groups is 1. The summed E-state index contributed by atoms with van der Waals surface area (Å²) in [6.07, 6.45) is 1.07. The predicted molar refractivity (Wildman–Crippen MR) is 74.3 cm³/mol. The molecule has 0 saturated heterocycles. The fourth-order valence-electron chi connectivity index (χ4n) is 1.82. The first-order valence-corrected chi connectivity index (χ1v) is 6.08. The van der Waals surface area contributed by atoms with Gasteiger partial charge < -0.3 is 9.84 Å². The largest absolute Gasteiger partial charge is 0.496 e. The van der Waals surface area contributed by atoms with Crippen LogP contribution in [0.25, 0.3) is 16.5 Å². The van der Waals surface area contributed by atoms with E-state index in [9.17, 15) is 4.79 Å². The molecular formula is C14H11BrO3. The van der Waals surface area contributed by atoms with Crippen LogP contribution in [0.3, 0.4) is 0 Å². The molecule has 0 aliphatic heterocycles. The van der Waals surface area contributed by atoms with Crippen molar-refractivity contribution in [3.63, 3.8) is 0 Å². The van der Waals surface area contributed by atoms with Crippen molar-refractivity contribution in [1.82, 2.24) is 0 Å². The third kappa shape index (κ3) is 2.54. The number of aliphatic carboxylic acids is 1. The summed E-state index contributed by atoms with van der Waals surface area (Å²) < 4.78 is 6.10. The van der Waals surface area contributed by atoms with E-state index in [1.807, 2.05) is 36.4 Å². The van der Waals surface area contributed by atoms with Crippen molar-refractivity contribution < 1.29 is 14.6 Å². The van der Waals surface area contributed by atoms with Crippen molar-refractivity contribution in [3.05, 3.63) is 52.5 Å². The molecule has 0 heterocycles. The average molecular weight is 307 g/mol. The quantitative estimate of drug-likeness (QED) is 0.695. The summed E-state index contributed by atoms with van der Waals surface area (Å²) in [5, 5.41) is 10.8. The first kappa shape index (κ1) is 12.6. The molecule has 0 aliphatic carbocycles. The standard InChI is InChI=1S/C14H11BrO3/c1-18-13(8-14(16)17)11-4-2-3-9-5-6-10(15)7-12(9)11/h2-8H,1H3,(H,16,17)/b13-8-. The van der Waals surface area contributed by atoms with Crippen molar-refractivity contribution >= 4 is 38.4 Å². The van der Waals surface area contributed by atoms with Crippen LogP contribution in [-0.4, -0.2) is 18.2 Å². The summed E-state index contributed by atoms with van der Waals surface area (Å²) in [6, 6.07) is 11.5. The van der Waals surface area contributed by atoms with Crippen LogP contribution in [0.5, 0.6) is 0 Å². The molecule has 0 amide bonds. The highest BCUT2D eigenvalue weighted by molar-refractivity contribution is 9.10. The normalized spacial score (nSPS) is 11.6. The Labute approximate surface area is 113 Å². The summed E-state index contributed by atoms with van der Waals surface area (Å²) in [5.74, 6) is -0.690. The molecule has 0 spiro atoms. The smallest absolute Gasteiger partial charge is 0.332 e. The Hall–Kier alpha value is -1.81. The molecule has 0 unspecified atom stereocenters. The van der Waals surface area contributed by atoms with E-state index in [1.165, 1.54) is 7.11 Å².